The molecular formula is C14H10N6O3S. The van der Waals surface area contributed by atoms with Crippen molar-refractivity contribution in [3.63, 3.8) is 0 Å². The molecule has 1 N–H and O–H groups in total. The monoisotopic (exact) mass is 342 g/mol. The quantitative estimate of drug-likeness (QED) is 0.426. The summed E-state index contributed by atoms with van der Waals surface area (Å²) in [6.45, 7) is 0. The molecule has 0 aliphatic heterocycles. The number of amides is 1. The lowest BCUT2D eigenvalue weighted by atomic mass is 10.2. The molecule has 0 atom stereocenters. The maximum absolute atomic E-state index is 12.2. The number of nitro benzene ring substituents is 1. The van der Waals surface area contributed by atoms with E-state index in [1.54, 1.807) is 24.3 Å². The summed E-state index contributed by atoms with van der Waals surface area (Å²) in [5.41, 5.74) is 1.39. The number of rotatable bonds is 4. The van der Waals surface area contributed by atoms with E-state index in [1.165, 1.54) is 28.9 Å². The number of non-ortho nitro benzene ring substituents is 1. The summed E-state index contributed by atoms with van der Waals surface area (Å²) in [6, 6.07) is 12.2. The molecule has 3 aromatic rings. The van der Waals surface area contributed by atoms with E-state index < -0.39 is 4.92 Å². The number of carbonyl (C=O) groups excluding carboxylic acids is 1. The summed E-state index contributed by atoms with van der Waals surface area (Å²) >= 11 is 4.13. The standard InChI is InChI=1S/C14H10N6O3S/c21-13(9-4-6-11(7-5-9)20(22)23)15-10-2-1-3-12(8-10)19-14(24)16-17-18-19/h1-8H,(H,15,21)(H,16,18,24). The Morgan fingerprint density at radius 3 is 2.58 bits per heavy atom. The van der Waals surface area contributed by atoms with Gasteiger partial charge in [-0.05, 0) is 40.8 Å². The molecule has 1 amide bonds. The van der Waals surface area contributed by atoms with Crippen LogP contribution in [-0.2, 0) is 0 Å². The third kappa shape index (κ3) is 3.22. The summed E-state index contributed by atoms with van der Waals surface area (Å²) < 4.78 is 1.41. The minimum Gasteiger partial charge on any atom is -0.322 e. The van der Waals surface area contributed by atoms with E-state index in [4.69, 9.17) is 0 Å². The first-order valence-electron chi connectivity index (χ1n) is 6.68. The molecule has 0 radical (unpaired) electrons. The third-order valence-corrected chi connectivity index (χ3v) is 3.42. The van der Waals surface area contributed by atoms with Gasteiger partial charge in [-0.2, -0.15) is 4.68 Å². The maximum atomic E-state index is 12.2. The van der Waals surface area contributed by atoms with E-state index in [1.807, 2.05) is 0 Å². The summed E-state index contributed by atoms with van der Waals surface area (Å²) in [4.78, 5) is 22.3. The average Bonchev–Trinajstić information content (AvgIpc) is 3.01. The van der Waals surface area contributed by atoms with Crippen LogP contribution in [0.2, 0.25) is 0 Å². The lowest BCUT2D eigenvalue weighted by Gasteiger charge is -2.07. The molecular weight excluding hydrogens is 332 g/mol. The van der Waals surface area contributed by atoms with Gasteiger partial charge in [-0.25, -0.2) is 0 Å². The molecule has 1 heterocycles. The Labute approximate surface area is 140 Å². The lowest BCUT2D eigenvalue weighted by molar-refractivity contribution is -0.384. The molecule has 3 rings (SSSR count). The topological polar surface area (TPSA) is 116 Å². The van der Waals surface area contributed by atoms with Crippen LogP contribution in [0.1, 0.15) is 10.4 Å². The SMILES string of the molecule is O=C(Nc1cccc(-n2nnnc2S)c1)c1ccc([N+](=O)[O-])cc1. The molecule has 0 fully saturated rings. The zero-order valence-corrected chi connectivity index (χ0v) is 12.9. The van der Waals surface area contributed by atoms with Crippen molar-refractivity contribution in [2.75, 3.05) is 5.32 Å². The van der Waals surface area contributed by atoms with Gasteiger partial charge in [0.25, 0.3) is 11.6 Å². The predicted octanol–water partition coefficient (Wildman–Crippen LogP) is 2.11. The first kappa shape index (κ1) is 15.6. The van der Waals surface area contributed by atoms with Crippen LogP contribution in [0.15, 0.2) is 53.7 Å². The molecule has 24 heavy (non-hydrogen) atoms. The van der Waals surface area contributed by atoms with Crippen molar-refractivity contribution >= 4 is 29.9 Å². The molecule has 0 spiro atoms. The number of thiol groups is 1. The van der Waals surface area contributed by atoms with Crippen molar-refractivity contribution in [1.29, 1.82) is 0 Å². The number of anilines is 1. The highest BCUT2D eigenvalue weighted by atomic mass is 32.1. The summed E-state index contributed by atoms with van der Waals surface area (Å²) in [5, 5.41) is 24.6. The van der Waals surface area contributed by atoms with Gasteiger partial charge in [0.15, 0.2) is 0 Å². The van der Waals surface area contributed by atoms with Crippen LogP contribution in [-0.4, -0.2) is 31.0 Å². The van der Waals surface area contributed by atoms with Crippen LogP contribution < -0.4 is 5.32 Å². The largest absolute Gasteiger partial charge is 0.322 e. The number of nitrogens with zero attached hydrogens (tertiary/aromatic N) is 5. The van der Waals surface area contributed by atoms with Crippen molar-refractivity contribution in [3.8, 4) is 5.69 Å². The number of carbonyl (C=O) groups is 1. The van der Waals surface area contributed by atoms with E-state index in [9.17, 15) is 14.9 Å². The van der Waals surface area contributed by atoms with Gasteiger partial charge < -0.3 is 5.32 Å². The first-order valence-corrected chi connectivity index (χ1v) is 7.13. The summed E-state index contributed by atoms with van der Waals surface area (Å²) in [7, 11) is 0. The molecule has 0 aliphatic rings. The number of hydrogen-bond acceptors (Lipinski definition) is 7. The number of benzene rings is 2. The maximum Gasteiger partial charge on any atom is 0.269 e. The van der Waals surface area contributed by atoms with Gasteiger partial charge in [0.1, 0.15) is 0 Å². The van der Waals surface area contributed by atoms with Crippen LogP contribution in [0.5, 0.6) is 0 Å². The molecule has 0 saturated heterocycles. The predicted molar refractivity (Wildman–Crippen MR) is 87.5 cm³/mol. The van der Waals surface area contributed by atoms with Gasteiger partial charge in [-0.3, -0.25) is 14.9 Å². The lowest BCUT2D eigenvalue weighted by Crippen LogP contribution is -2.12. The fraction of sp³-hybridized carbons (Fsp3) is 0. The molecule has 9 nitrogen and oxygen atoms in total. The molecule has 1 aromatic heterocycles. The number of nitro groups is 1. The van der Waals surface area contributed by atoms with Crippen LogP contribution in [0.3, 0.4) is 0 Å². The fourth-order valence-electron chi connectivity index (χ4n) is 2.00. The Bertz CT molecular complexity index is 909. The minimum absolute atomic E-state index is 0.0754. The van der Waals surface area contributed by atoms with Crippen molar-refractivity contribution < 1.29 is 9.72 Å². The molecule has 0 saturated carbocycles. The smallest absolute Gasteiger partial charge is 0.269 e. The highest BCUT2D eigenvalue weighted by Gasteiger charge is 2.11. The minimum atomic E-state index is -0.521. The summed E-state index contributed by atoms with van der Waals surface area (Å²) in [5.74, 6) is -0.384. The van der Waals surface area contributed by atoms with Crippen molar-refractivity contribution in [2.24, 2.45) is 0 Å². The number of aromatic nitrogens is 4. The van der Waals surface area contributed by atoms with Gasteiger partial charge >= 0.3 is 0 Å². The third-order valence-electron chi connectivity index (χ3n) is 3.14. The van der Waals surface area contributed by atoms with Gasteiger partial charge in [-0.1, -0.05) is 6.07 Å². The van der Waals surface area contributed by atoms with Gasteiger partial charge in [0.2, 0.25) is 5.16 Å². The van der Waals surface area contributed by atoms with Crippen LogP contribution in [0.25, 0.3) is 5.69 Å². The Hall–Kier alpha value is -3.27. The highest BCUT2D eigenvalue weighted by Crippen LogP contribution is 2.18. The normalized spacial score (nSPS) is 10.4. The Balaban J connectivity index is 1.79. The Kier molecular flexibility index (Phi) is 4.20. The van der Waals surface area contributed by atoms with Crippen molar-refractivity contribution in [1.82, 2.24) is 20.2 Å². The summed E-state index contributed by atoms with van der Waals surface area (Å²) in [6.07, 6.45) is 0. The second kappa shape index (κ2) is 6.46. The number of hydrogen-bond donors (Lipinski definition) is 2. The van der Waals surface area contributed by atoms with E-state index in [0.717, 1.165) is 0 Å². The molecule has 0 unspecified atom stereocenters. The van der Waals surface area contributed by atoms with Gasteiger partial charge in [0, 0.05) is 23.4 Å². The van der Waals surface area contributed by atoms with Crippen LogP contribution in [0.4, 0.5) is 11.4 Å². The van der Waals surface area contributed by atoms with Crippen molar-refractivity contribution in [3.05, 3.63) is 64.2 Å². The number of nitrogens with one attached hydrogen (secondary N) is 1. The first-order chi connectivity index (χ1) is 11.5. The van der Waals surface area contributed by atoms with Crippen molar-refractivity contribution in [2.45, 2.75) is 5.16 Å². The number of tetrazole rings is 1. The van der Waals surface area contributed by atoms with E-state index in [2.05, 4.69) is 33.5 Å². The Morgan fingerprint density at radius 2 is 1.96 bits per heavy atom. The zero-order valence-electron chi connectivity index (χ0n) is 12.0. The van der Waals surface area contributed by atoms with Gasteiger partial charge in [0.05, 0.1) is 10.6 Å². The Morgan fingerprint density at radius 1 is 1.21 bits per heavy atom. The van der Waals surface area contributed by atoms with Crippen LogP contribution >= 0.6 is 12.6 Å². The van der Waals surface area contributed by atoms with E-state index in [-0.39, 0.29) is 11.6 Å². The fourth-order valence-corrected chi connectivity index (χ4v) is 2.20. The van der Waals surface area contributed by atoms with Crippen LogP contribution in [0, 0.1) is 10.1 Å². The molecule has 10 heteroatoms. The van der Waals surface area contributed by atoms with E-state index >= 15 is 0 Å². The zero-order chi connectivity index (χ0) is 17.1. The second-order valence-electron chi connectivity index (χ2n) is 4.70. The average molecular weight is 342 g/mol. The molecule has 120 valence electrons. The van der Waals surface area contributed by atoms with E-state index in [0.29, 0.717) is 22.1 Å². The molecule has 0 aliphatic carbocycles. The van der Waals surface area contributed by atoms with Gasteiger partial charge in [-0.15, -0.1) is 17.7 Å². The molecule has 0 bridgehead atoms. The molecule has 2 aromatic carbocycles. The second-order valence-corrected chi connectivity index (χ2v) is 5.10. The highest BCUT2D eigenvalue weighted by molar-refractivity contribution is 7.80.